The summed E-state index contributed by atoms with van der Waals surface area (Å²) < 4.78 is 27.8. The minimum atomic E-state index is -3.40. The van der Waals surface area contributed by atoms with Gasteiger partial charge in [-0.1, -0.05) is 12.8 Å². The van der Waals surface area contributed by atoms with Crippen LogP contribution in [0.15, 0.2) is 10.3 Å². The van der Waals surface area contributed by atoms with Crippen LogP contribution in [0.25, 0.3) is 0 Å². The predicted octanol–water partition coefficient (Wildman–Crippen LogP) is 2.24. The molecule has 1 heterocycles. The Morgan fingerprint density at radius 2 is 2.16 bits per heavy atom. The molecule has 19 heavy (non-hydrogen) atoms. The largest absolute Gasteiger partial charge is 0.315 e. The van der Waals surface area contributed by atoms with Gasteiger partial charge in [-0.15, -0.1) is 11.3 Å². The maximum Gasteiger partial charge on any atom is 0.242 e. The van der Waals surface area contributed by atoms with E-state index in [1.54, 1.807) is 0 Å². The highest BCUT2D eigenvalue weighted by atomic mass is 32.2. The summed E-state index contributed by atoms with van der Waals surface area (Å²) in [5.41, 5.74) is 0.835. The number of aryl methyl sites for hydroxylation is 1. The first kappa shape index (κ1) is 15.0. The third-order valence-electron chi connectivity index (χ3n) is 3.34. The van der Waals surface area contributed by atoms with E-state index in [1.807, 2.05) is 26.3 Å². The van der Waals surface area contributed by atoms with Gasteiger partial charge in [-0.3, -0.25) is 0 Å². The lowest BCUT2D eigenvalue weighted by molar-refractivity contribution is 0.529. The molecule has 0 spiro atoms. The van der Waals surface area contributed by atoms with E-state index in [2.05, 4.69) is 10.0 Å². The Morgan fingerprint density at radius 3 is 2.74 bits per heavy atom. The van der Waals surface area contributed by atoms with Crippen LogP contribution in [0.1, 0.15) is 36.6 Å². The van der Waals surface area contributed by atoms with Crippen molar-refractivity contribution in [3.63, 3.8) is 0 Å². The van der Waals surface area contributed by atoms with Gasteiger partial charge >= 0.3 is 0 Å². The van der Waals surface area contributed by atoms with Gasteiger partial charge in [0, 0.05) is 17.5 Å². The fraction of sp³-hybridized carbons (Fsp3) is 0.692. The van der Waals surface area contributed by atoms with Gasteiger partial charge in [0.1, 0.15) is 4.90 Å². The molecule has 1 unspecified atom stereocenters. The molecular weight excluding hydrogens is 280 g/mol. The molecule has 1 aromatic rings. The van der Waals surface area contributed by atoms with Gasteiger partial charge in [-0.2, -0.15) is 0 Å². The van der Waals surface area contributed by atoms with Gasteiger partial charge in [0.15, 0.2) is 0 Å². The lowest BCUT2D eigenvalue weighted by Crippen LogP contribution is -2.33. The third kappa shape index (κ3) is 3.78. The van der Waals surface area contributed by atoms with Crippen molar-refractivity contribution in [2.75, 3.05) is 7.05 Å². The van der Waals surface area contributed by atoms with E-state index < -0.39 is 10.0 Å². The molecule has 1 aromatic heterocycles. The van der Waals surface area contributed by atoms with Crippen molar-refractivity contribution >= 4 is 21.4 Å². The van der Waals surface area contributed by atoms with Crippen molar-refractivity contribution in [1.29, 1.82) is 0 Å². The second-order valence-corrected chi connectivity index (χ2v) is 8.02. The van der Waals surface area contributed by atoms with E-state index in [0.717, 1.165) is 22.8 Å². The third-order valence-corrected chi connectivity index (χ3v) is 6.39. The van der Waals surface area contributed by atoms with Crippen molar-refractivity contribution in [3.05, 3.63) is 15.8 Å². The lowest BCUT2D eigenvalue weighted by Gasteiger charge is -2.15. The number of hydrogen-bond acceptors (Lipinski definition) is 4. The highest BCUT2D eigenvalue weighted by molar-refractivity contribution is 7.89. The number of thiophene rings is 1. The molecule has 0 bridgehead atoms. The first-order valence-electron chi connectivity index (χ1n) is 6.68. The van der Waals surface area contributed by atoms with E-state index >= 15 is 0 Å². The number of hydrogen-bond donors (Lipinski definition) is 2. The average molecular weight is 302 g/mol. The van der Waals surface area contributed by atoms with Gasteiger partial charge in [0.25, 0.3) is 0 Å². The SMILES string of the molecule is CNCc1scc(C)c1S(=O)(=O)NC(C)CC1CC1. The Labute approximate surface area is 119 Å². The molecule has 0 amide bonds. The van der Waals surface area contributed by atoms with Gasteiger partial charge in [0.2, 0.25) is 10.0 Å². The van der Waals surface area contributed by atoms with Crippen molar-refractivity contribution in [2.45, 2.75) is 50.6 Å². The van der Waals surface area contributed by atoms with E-state index in [0.29, 0.717) is 11.4 Å². The molecular formula is C13H22N2O2S2. The Hall–Kier alpha value is -0.430. The monoisotopic (exact) mass is 302 g/mol. The van der Waals surface area contributed by atoms with Crippen molar-refractivity contribution < 1.29 is 8.42 Å². The van der Waals surface area contributed by atoms with E-state index in [9.17, 15) is 8.42 Å². The zero-order chi connectivity index (χ0) is 14.0. The quantitative estimate of drug-likeness (QED) is 0.812. The fourth-order valence-corrected chi connectivity index (χ4v) is 5.44. The molecule has 0 saturated heterocycles. The molecule has 1 saturated carbocycles. The Kier molecular flexibility index (Phi) is 4.66. The molecule has 108 valence electrons. The van der Waals surface area contributed by atoms with Crippen LogP contribution in [0.3, 0.4) is 0 Å². The van der Waals surface area contributed by atoms with Gasteiger partial charge in [-0.25, -0.2) is 13.1 Å². The number of rotatable bonds is 7. The second kappa shape index (κ2) is 5.91. The van der Waals surface area contributed by atoms with Crippen LogP contribution < -0.4 is 10.0 Å². The van der Waals surface area contributed by atoms with Crippen molar-refractivity contribution in [3.8, 4) is 0 Å². The first-order valence-corrected chi connectivity index (χ1v) is 9.04. The summed E-state index contributed by atoms with van der Waals surface area (Å²) >= 11 is 1.50. The highest BCUT2D eigenvalue weighted by Gasteiger charge is 2.28. The van der Waals surface area contributed by atoms with Crippen LogP contribution in [0.4, 0.5) is 0 Å². The Balaban J connectivity index is 2.15. The molecule has 1 aliphatic carbocycles. The van der Waals surface area contributed by atoms with Crippen LogP contribution in [-0.2, 0) is 16.6 Å². The van der Waals surface area contributed by atoms with E-state index in [4.69, 9.17) is 0 Å². The summed E-state index contributed by atoms with van der Waals surface area (Å²) in [6, 6.07) is 0.0132. The standard InChI is InChI=1S/C13H22N2O2S2/c1-9-8-18-12(7-14-3)13(9)19(16,17)15-10(2)6-11-4-5-11/h8,10-11,14-15H,4-7H2,1-3H3. The molecule has 1 atom stereocenters. The summed E-state index contributed by atoms with van der Waals surface area (Å²) in [6.45, 7) is 4.40. The van der Waals surface area contributed by atoms with E-state index in [-0.39, 0.29) is 6.04 Å². The normalized spacial score (nSPS) is 17.6. The topological polar surface area (TPSA) is 58.2 Å². The molecule has 0 radical (unpaired) electrons. The molecule has 1 fully saturated rings. The van der Waals surface area contributed by atoms with Gasteiger partial charge < -0.3 is 5.32 Å². The Bertz CT molecular complexity index is 533. The maximum atomic E-state index is 12.5. The van der Waals surface area contributed by atoms with Gasteiger partial charge in [-0.05, 0) is 44.2 Å². The summed E-state index contributed by atoms with van der Waals surface area (Å²) in [7, 11) is -1.57. The average Bonchev–Trinajstić information content (AvgIpc) is 3.01. The zero-order valence-electron chi connectivity index (χ0n) is 11.7. The lowest BCUT2D eigenvalue weighted by atomic mass is 10.2. The van der Waals surface area contributed by atoms with Crippen LogP contribution >= 0.6 is 11.3 Å². The Morgan fingerprint density at radius 1 is 1.47 bits per heavy atom. The summed E-state index contributed by atoms with van der Waals surface area (Å²) in [6.07, 6.45) is 3.44. The summed E-state index contributed by atoms with van der Waals surface area (Å²) in [5.74, 6) is 0.720. The van der Waals surface area contributed by atoms with Crippen LogP contribution in [0.2, 0.25) is 0 Å². The highest BCUT2D eigenvalue weighted by Crippen LogP contribution is 2.34. The first-order chi connectivity index (χ1) is 8.94. The summed E-state index contributed by atoms with van der Waals surface area (Å²) in [5, 5.41) is 4.93. The number of sulfonamides is 1. The van der Waals surface area contributed by atoms with Crippen LogP contribution in [0.5, 0.6) is 0 Å². The number of nitrogens with one attached hydrogen (secondary N) is 2. The molecule has 1 aliphatic rings. The van der Waals surface area contributed by atoms with Crippen LogP contribution in [0, 0.1) is 12.8 Å². The second-order valence-electron chi connectivity index (χ2n) is 5.40. The zero-order valence-corrected chi connectivity index (χ0v) is 13.3. The predicted molar refractivity (Wildman–Crippen MR) is 78.9 cm³/mol. The minimum Gasteiger partial charge on any atom is -0.315 e. The fourth-order valence-electron chi connectivity index (χ4n) is 2.36. The van der Waals surface area contributed by atoms with Crippen molar-refractivity contribution in [1.82, 2.24) is 10.0 Å². The minimum absolute atomic E-state index is 0.0132. The van der Waals surface area contributed by atoms with E-state index in [1.165, 1.54) is 24.2 Å². The van der Waals surface area contributed by atoms with Gasteiger partial charge in [0.05, 0.1) is 0 Å². The molecule has 2 rings (SSSR count). The molecule has 0 aromatic carbocycles. The van der Waals surface area contributed by atoms with Crippen molar-refractivity contribution in [2.24, 2.45) is 5.92 Å². The summed E-state index contributed by atoms with van der Waals surface area (Å²) in [4.78, 5) is 1.35. The molecule has 0 aliphatic heterocycles. The molecule has 6 heteroatoms. The van der Waals surface area contributed by atoms with Crippen LogP contribution in [-0.4, -0.2) is 21.5 Å². The molecule has 2 N–H and O–H groups in total. The maximum absolute atomic E-state index is 12.5. The molecule has 4 nitrogen and oxygen atoms in total. The smallest absolute Gasteiger partial charge is 0.242 e.